The third kappa shape index (κ3) is 1.40. The lowest BCUT2D eigenvalue weighted by Gasteiger charge is -1.98. The van der Waals surface area contributed by atoms with Gasteiger partial charge in [-0.15, -0.1) is 0 Å². The second-order valence-corrected chi connectivity index (χ2v) is 2.24. The number of aromatic nitrogens is 1. The molecule has 0 aliphatic carbocycles. The van der Waals surface area contributed by atoms with Gasteiger partial charge in [-0.2, -0.15) is 0 Å². The summed E-state index contributed by atoms with van der Waals surface area (Å²) in [6.07, 6.45) is 1.36. The highest BCUT2D eigenvalue weighted by atomic mass is 16.4. The molecule has 1 rings (SSSR count). The minimum absolute atomic E-state index is 0.0866. The first kappa shape index (κ1) is 8.21. The minimum Gasteiger partial charge on any atom is -0.478 e. The lowest BCUT2D eigenvalue weighted by molar-refractivity contribution is 0.0695. The van der Waals surface area contributed by atoms with Crippen LogP contribution in [0.3, 0.4) is 0 Å². The number of carbonyl (C=O) groups is 1. The maximum Gasteiger partial charge on any atom is 0.336 e. The zero-order valence-corrected chi connectivity index (χ0v) is 6.40. The van der Waals surface area contributed by atoms with Crippen LogP contribution in [0.1, 0.15) is 16.1 Å². The van der Waals surface area contributed by atoms with Crippen LogP contribution in [0, 0.1) is 13.5 Å². The van der Waals surface area contributed by atoms with Crippen LogP contribution in [-0.4, -0.2) is 16.1 Å². The Kier molecular flexibility index (Phi) is 2.06. The highest BCUT2D eigenvalue weighted by molar-refractivity contribution is 5.89. The first-order valence-electron chi connectivity index (χ1n) is 3.22. The molecule has 1 aromatic heterocycles. The molecular weight excluding hydrogens is 156 g/mol. The average molecular weight is 162 g/mol. The van der Waals surface area contributed by atoms with Crippen LogP contribution in [0.25, 0.3) is 4.85 Å². The minimum atomic E-state index is -1.05. The molecule has 0 atom stereocenters. The molecule has 1 heterocycles. The maximum absolute atomic E-state index is 10.5. The summed E-state index contributed by atoms with van der Waals surface area (Å²) in [5.74, 6) is -1.05. The number of aryl methyl sites for hydroxylation is 1. The molecule has 4 heteroatoms. The Balaban J connectivity index is 3.28. The number of hydrogen-bond donors (Lipinski definition) is 1. The van der Waals surface area contributed by atoms with E-state index in [0.29, 0.717) is 5.69 Å². The van der Waals surface area contributed by atoms with Crippen LogP contribution >= 0.6 is 0 Å². The van der Waals surface area contributed by atoms with Crippen LogP contribution < -0.4 is 0 Å². The van der Waals surface area contributed by atoms with Crippen molar-refractivity contribution in [3.05, 3.63) is 34.9 Å². The standard InChI is InChI=1S/C8H6N2O2/c1-5-7(8(11)12)3-6(9-2)4-10-5/h3-4H,1H3,(H,11,12). The molecule has 0 saturated carbocycles. The third-order valence-corrected chi connectivity index (χ3v) is 1.43. The molecule has 0 aliphatic heterocycles. The van der Waals surface area contributed by atoms with E-state index in [1.165, 1.54) is 12.3 Å². The fourth-order valence-corrected chi connectivity index (χ4v) is 0.800. The Morgan fingerprint density at radius 3 is 2.92 bits per heavy atom. The fraction of sp³-hybridized carbons (Fsp3) is 0.125. The second kappa shape index (κ2) is 3.01. The second-order valence-electron chi connectivity index (χ2n) is 2.24. The number of pyridine rings is 1. The van der Waals surface area contributed by atoms with Gasteiger partial charge in [0.1, 0.15) is 0 Å². The largest absolute Gasteiger partial charge is 0.478 e. The summed E-state index contributed by atoms with van der Waals surface area (Å²) in [7, 11) is 0. The van der Waals surface area contributed by atoms with Gasteiger partial charge in [0.2, 0.25) is 5.69 Å². The molecular formula is C8H6N2O2. The first-order valence-corrected chi connectivity index (χ1v) is 3.22. The maximum atomic E-state index is 10.5. The fourth-order valence-electron chi connectivity index (χ4n) is 0.800. The highest BCUT2D eigenvalue weighted by Gasteiger charge is 2.07. The smallest absolute Gasteiger partial charge is 0.336 e. The quantitative estimate of drug-likeness (QED) is 0.638. The summed E-state index contributed by atoms with van der Waals surface area (Å²) in [4.78, 5) is 17.4. The van der Waals surface area contributed by atoms with Crippen molar-refractivity contribution in [2.24, 2.45) is 0 Å². The number of nitrogens with zero attached hydrogens (tertiary/aromatic N) is 2. The number of carboxylic acid groups (broad SMARTS) is 1. The number of rotatable bonds is 1. The van der Waals surface area contributed by atoms with Gasteiger partial charge < -0.3 is 5.11 Å². The molecule has 0 radical (unpaired) electrons. The van der Waals surface area contributed by atoms with E-state index in [2.05, 4.69) is 9.83 Å². The van der Waals surface area contributed by atoms with Gasteiger partial charge in [0.15, 0.2) is 0 Å². The third-order valence-electron chi connectivity index (χ3n) is 1.43. The molecule has 0 bridgehead atoms. The SMILES string of the molecule is [C-]#[N+]c1cnc(C)c(C(=O)O)c1. The molecule has 0 amide bonds. The van der Waals surface area contributed by atoms with Gasteiger partial charge in [0.25, 0.3) is 0 Å². The summed E-state index contributed by atoms with van der Waals surface area (Å²) >= 11 is 0. The van der Waals surface area contributed by atoms with Gasteiger partial charge in [0.05, 0.1) is 12.1 Å². The van der Waals surface area contributed by atoms with Crippen molar-refractivity contribution >= 4 is 11.7 Å². The van der Waals surface area contributed by atoms with Crippen LogP contribution in [0.15, 0.2) is 12.3 Å². The molecule has 0 fully saturated rings. The van der Waals surface area contributed by atoms with E-state index < -0.39 is 5.97 Å². The van der Waals surface area contributed by atoms with Crippen LogP contribution in [0.2, 0.25) is 0 Å². The van der Waals surface area contributed by atoms with Gasteiger partial charge in [0, 0.05) is 11.9 Å². The van der Waals surface area contributed by atoms with Crippen molar-refractivity contribution in [1.29, 1.82) is 0 Å². The van der Waals surface area contributed by atoms with Crippen molar-refractivity contribution in [1.82, 2.24) is 4.98 Å². The summed E-state index contributed by atoms with van der Waals surface area (Å²) in [5.41, 5.74) is 0.761. The van der Waals surface area contributed by atoms with Gasteiger partial charge in [-0.25, -0.2) is 9.64 Å². The van der Waals surface area contributed by atoms with Gasteiger partial charge >= 0.3 is 5.97 Å². The first-order chi connectivity index (χ1) is 5.65. The summed E-state index contributed by atoms with van der Waals surface area (Å²) in [6.45, 7) is 8.24. The zero-order chi connectivity index (χ0) is 9.14. The Morgan fingerprint density at radius 1 is 1.75 bits per heavy atom. The Hall–Kier alpha value is -1.89. The predicted octanol–water partition coefficient (Wildman–Crippen LogP) is 1.64. The van der Waals surface area contributed by atoms with E-state index in [0.717, 1.165) is 0 Å². The van der Waals surface area contributed by atoms with Crippen molar-refractivity contribution < 1.29 is 9.90 Å². The van der Waals surface area contributed by atoms with Gasteiger partial charge in [-0.1, -0.05) is 0 Å². The van der Waals surface area contributed by atoms with Crippen LogP contribution in [0.4, 0.5) is 5.69 Å². The number of hydrogen-bond acceptors (Lipinski definition) is 2. The predicted molar refractivity (Wildman–Crippen MR) is 42.2 cm³/mol. The van der Waals surface area contributed by atoms with Crippen molar-refractivity contribution in [2.45, 2.75) is 6.92 Å². The summed E-state index contributed by atoms with van der Waals surface area (Å²) < 4.78 is 0. The van der Waals surface area contributed by atoms with Gasteiger partial charge in [-0.05, 0) is 13.0 Å². The summed E-state index contributed by atoms with van der Waals surface area (Å²) in [6, 6.07) is 1.32. The number of carboxylic acids is 1. The summed E-state index contributed by atoms with van der Waals surface area (Å²) in [5, 5.41) is 8.64. The molecule has 60 valence electrons. The molecule has 0 spiro atoms. The topological polar surface area (TPSA) is 54.5 Å². The van der Waals surface area contributed by atoms with Gasteiger partial charge in [-0.3, -0.25) is 4.98 Å². The van der Waals surface area contributed by atoms with Crippen molar-refractivity contribution in [2.75, 3.05) is 0 Å². The molecule has 12 heavy (non-hydrogen) atoms. The normalized spacial score (nSPS) is 9.00. The molecule has 4 nitrogen and oxygen atoms in total. The van der Waals surface area contributed by atoms with E-state index in [4.69, 9.17) is 11.7 Å². The molecule has 1 aromatic rings. The lowest BCUT2D eigenvalue weighted by Crippen LogP contribution is -2.00. The van der Waals surface area contributed by atoms with Crippen molar-refractivity contribution in [3.63, 3.8) is 0 Å². The Bertz CT molecular complexity index is 366. The average Bonchev–Trinajstić information content (AvgIpc) is 2.05. The Morgan fingerprint density at radius 2 is 2.42 bits per heavy atom. The monoisotopic (exact) mass is 162 g/mol. The highest BCUT2D eigenvalue weighted by Crippen LogP contribution is 2.14. The van der Waals surface area contributed by atoms with E-state index in [1.54, 1.807) is 6.92 Å². The molecule has 0 saturated heterocycles. The molecule has 1 N–H and O–H groups in total. The molecule has 0 unspecified atom stereocenters. The van der Waals surface area contributed by atoms with Crippen LogP contribution in [-0.2, 0) is 0 Å². The van der Waals surface area contributed by atoms with Crippen LogP contribution in [0.5, 0.6) is 0 Å². The van der Waals surface area contributed by atoms with E-state index in [9.17, 15) is 4.79 Å². The zero-order valence-electron chi connectivity index (χ0n) is 6.40. The number of aromatic carboxylic acids is 1. The van der Waals surface area contributed by atoms with E-state index in [1.807, 2.05) is 0 Å². The van der Waals surface area contributed by atoms with E-state index >= 15 is 0 Å². The lowest BCUT2D eigenvalue weighted by atomic mass is 10.2. The molecule has 0 aliphatic rings. The molecule has 0 aromatic carbocycles. The Labute approximate surface area is 69.3 Å². The van der Waals surface area contributed by atoms with E-state index in [-0.39, 0.29) is 11.3 Å². The van der Waals surface area contributed by atoms with Crippen molar-refractivity contribution in [3.8, 4) is 0 Å².